The second kappa shape index (κ2) is 4.94. The molecule has 1 aromatic carbocycles. The van der Waals surface area contributed by atoms with E-state index in [-0.39, 0.29) is 17.9 Å². The van der Waals surface area contributed by atoms with Crippen molar-refractivity contribution in [3.63, 3.8) is 0 Å². The van der Waals surface area contributed by atoms with Crippen molar-refractivity contribution in [3.05, 3.63) is 24.3 Å². The predicted molar refractivity (Wildman–Crippen MR) is 74.8 cm³/mol. The summed E-state index contributed by atoms with van der Waals surface area (Å²) in [5.41, 5.74) is 7.12. The molecule has 3 nitrogen and oxygen atoms in total. The van der Waals surface area contributed by atoms with Gasteiger partial charge in [-0.2, -0.15) is 0 Å². The number of carbonyl (C=O) groups excluding carboxylic acids is 1. The molecule has 0 bridgehead atoms. The Bertz CT molecular complexity index is 463. The van der Waals surface area contributed by atoms with Crippen LogP contribution >= 0.6 is 11.8 Å². The average molecular weight is 262 g/mol. The summed E-state index contributed by atoms with van der Waals surface area (Å²) in [6.45, 7) is 0.809. The number of thioether (sulfide) groups is 1. The van der Waals surface area contributed by atoms with Crippen molar-refractivity contribution in [2.24, 2.45) is 11.7 Å². The molecule has 2 unspecified atom stereocenters. The first-order valence-corrected chi connectivity index (χ1v) is 7.55. The summed E-state index contributed by atoms with van der Waals surface area (Å²) >= 11 is 1.83. The van der Waals surface area contributed by atoms with E-state index in [4.69, 9.17) is 5.73 Å². The molecule has 0 saturated heterocycles. The highest BCUT2D eigenvalue weighted by molar-refractivity contribution is 7.99. The standard InChI is InChI=1S/C14H18N2OS/c15-11-5-3-4-10(11)14(17)16-8-9-18-13-7-2-1-6-12(13)16/h1-2,6-7,10-11H,3-5,8-9,15H2. The van der Waals surface area contributed by atoms with Gasteiger partial charge in [0.15, 0.2) is 0 Å². The van der Waals surface area contributed by atoms with Crippen LogP contribution in [0.15, 0.2) is 29.2 Å². The monoisotopic (exact) mass is 262 g/mol. The number of rotatable bonds is 1. The van der Waals surface area contributed by atoms with Crippen molar-refractivity contribution in [1.29, 1.82) is 0 Å². The summed E-state index contributed by atoms with van der Waals surface area (Å²) in [4.78, 5) is 15.8. The van der Waals surface area contributed by atoms with E-state index < -0.39 is 0 Å². The molecule has 2 N–H and O–H groups in total. The van der Waals surface area contributed by atoms with Crippen LogP contribution in [0.4, 0.5) is 5.69 Å². The van der Waals surface area contributed by atoms with Crippen LogP contribution in [0.25, 0.3) is 0 Å². The first kappa shape index (κ1) is 12.1. The number of benzene rings is 1. The van der Waals surface area contributed by atoms with Crippen LogP contribution < -0.4 is 10.6 Å². The van der Waals surface area contributed by atoms with Crippen LogP contribution in [-0.4, -0.2) is 24.2 Å². The SMILES string of the molecule is NC1CCCC1C(=O)N1CCSc2ccccc21. The van der Waals surface area contributed by atoms with Crippen molar-refractivity contribution >= 4 is 23.4 Å². The maximum Gasteiger partial charge on any atom is 0.231 e. The molecule has 1 aromatic rings. The van der Waals surface area contributed by atoms with Gasteiger partial charge in [0.25, 0.3) is 0 Å². The Morgan fingerprint density at radius 2 is 2.17 bits per heavy atom. The van der Waals surface area contributed by atoms with E-state index >= 15 is 0 Å². The molecule has 1 aliphatic carbocycles. The van der Waals surface area contributed by atoms with Gasteiger partial charge in [0.05, 0.1) is 11.6 Å². The van der Waals surface area contributed by atoms with Gasteiger partial charge >= 0.3 is 0 Å². The number of nitrogens with two attached hydrogens (primary N) is 1. The third kappa shape index (κ3) is 2.04. The third-order valence-electron chi connectivity index (χ3n) is 3.88. The molecule has 0 spiro atoms. The van der Waals surface area contributed by atoms with Crippen LogP contribution in [0.1, 0.15) is 19.3 Å². The smallest absolute Gasteiger partial charge is 0.231 e. The summed E-state index contributed by atoms with van der Waals surface area (Å²) in [5.74, 6) is 1.24. The molecular weight excluding hydrogens is 244 g/mol. The Morgan fingerprint density at radius 3 is 2.94 bits per heavy atom. The van der Waals surface area contributed by atoms with Crippen LogP contribution in [0.2, 0.25) is 0 Å². The minimum atomic E-state index is 0.0288. The molecule has 0 aromatic heterocycles. The zero-order valence-electron chi connectivity index (χ0n) is 10.3. The normalized spacial score (nSPS) is 27.1. The zero-order valence-corrected chi connectivity index (χ0v) is 11.2. The molecule has 96 valence electrons. The van der Waals surface area contributed by atoms with Crippen LogP contribution in [0.5, 0.6) is 0 Å². The fourth-order valence-electron chi connectivity index (χ4n) is 2.89. The van der Waals surface area contributed by atoms with Crippen molar-refractivity contribution < 1.29 is 4.79 Å². The molecular formula is C14H18N2OS. The van der Waals surface area contributed by atoms with Crippen molar-refractivity contribution in [2.75, 3.05) is 17.2 Å². The topological polar surface area (TPSA) is 46.3 Å². The van der Waals surface area contributed by atoms with E-state index in [2.05, 4.69) is 6.07 Å². The van der Waals surface area contributed by atoms with Gasteiger partial charge in [-0.25, -0.2) is 0 Å². The lowest BCUT2D eigenvalue weighted by Gasteiger charge is -2.32. The summed E-state index contributed by atoms with van der Waals surface area (Å²) in [5, 5.41) is 0. The molecule has 4 heteroatoms. The van der Waals surface area contributed by atoms with E-state index in [1.54, 1.807) is 0 Å². The Labute approximate surface area is 112 Å². The van der Waals surface area contributed by atoms with E-state index in [1.807, 2.05) is 34.9 Å². The fraction of sp³-hybridized carbons (Fsp3) is 0.500. The molecule has 1 saturated carbocycles. The number of fused-ring (bicyclic) bond motifs is 1. The summed E-state index contributed by atoms with van der Waals surface area (Å²) in [7, 11) is 0. The summed E-state index contributed by atoms with van der Waals surface area (Å²) in [6.07, 6.45) is 3.02. The number of anilines is 1. The van der Waals surface area contributed by atoms with Crippen LogP contribution in [-0.2, 0) is 4.79 Å². The highest BCUT2D eigenvalue weighted by Gasteiger charge is 2.35. The number of hydrogen-bond donors (Lipinski definition) is 1. The molecule has 2 atom stereocenters. The number of amides is 1. The van der Waals surface area contributed by atoms with E-state index in [9.17, 15) is 4.79 Å². The van der Waals surface area contributed by atoms with Gasteiger partial charge in [0, 0.05) is 23.2 Å². The maximum absolute atomic E-state index is 12.6. The lowest BCUT2D eigenvalue weighted by atomic mass is 10.0. The highest BCUT2D eigenvalue weighted by Crippen LogP contribution is 2.36. The van der Waals surface area contributed by atoms with Crippen molar-refractivity contribution in [2.45, 2.75) is 30.2 Å². The zero-order chi connectivity index (χ0) is 12.5. The first-order valence-electron chi connectivity index (χ1n) is 6.56. The van der Waals surface area contributed by atoms with Crippen molar-refractivity contribution in [1.82, 2.24) is 0 Å². The molecule has 1 fully saturated rings. The number of carbonyl (C=O) groups is 1. The predicted octanol–water partition coefficient (Wildman–Crippen LogP) is 2.25. The highest BCUT2D eigenvalue weighted by atomic mass is 32.2. The van der Waals surface area contributed by atoms with Gasteiger partial charge in [-0.3, -0.25) is 4.79 Å². The van der Waals surface area contributed by atoms with E-state index in [0.717, 1.165) is 37.2 Å². The van der Waals surface area contributed by atoms with Gasteiger partial charge < -0.3 is 10.6 Å². The Balaban J connectivity index is 1.87. The average Bonchev–Trinajstić information content (AvgIpc) is 2.83. The number of hydrogen-bond acceptors (Lipinski definition) is 3. The Kier molecular flexibility index (Phi) is 3.31. The third-order valence-corrected chi connectivity index (χ3v) is 4.92. The minimum absolute atomic E-state index is 0.0288. The second-order valence-electron chi connectivity index (χ2n) is 5.01. The van der Waals surface area contributed by atoms with E-state index in [1.165, 1.54) is 4.90 Å². The van der Waals surface area contributed by atoms with Crippen LogP contribution in [0, 0.1) is 5.92 Å². The summed E-state index contributed by atoms with van der Waals surface area (Å²) in [6, 6.07) is 8.22. The molecule has 1 aliphatic heterocycles. The first-order chi connectivity index (χ1) is 8.77. The van der Waals surface area contributed by atoms with E-state index in [0.29, 0.717) is 0 Å². The molecule has 3 rings (SSSR count). The Morgan fingerprint density at radius 1 is 1.33 bits per heavy atom. The largest absolute Gasteiger partial charge is 0.327 e. The quantitative estimate of drug-likeness (QED) is 0.844. The lowest BCUT2D eigenvalue weighted by Crippen LogP contribution is -2.44. The maximum atomic E-state index is 12.6. The van der Waals surface area contributed by atoms with Gasteiger partial charge in [-0.15, -0.1) is 11.8 Å². The number of para-hydroxylation sites is 1. The van der Waals surface area contributed by atoms with Gasteiger partial charge in [0.2, 0.25) is 5.91 Å². The molecule has 1 amide bonds. The lowest BCUT2D eigenvalue weighted by molar-refractivity contribution is -0.122. The molecule has 18 heavy (non-hydrogen) atoms. The molecule has 2 aliphatic rings. The van der Waals surface area contributed by atoms with Crippen molar-refractivity contribution in [3.8, 4) is 0 Å². The number of nitrogens with zero attached hydrogens (tertiary/aromatic N) is 1. The minimum Gasteiger partial charge on any atom is -0.327 e. The van der Waals surface area contributed by atoms with Crippen LogP contribution in [0.3, 0.4) is 0 Å². The van der Waals surface area contributed by atoms with Gasteiger partial charge in [0.1, 0.15) is 0 Å². The Hall–Kier alpha value is -1.00. The summed E-state index contributed by atoms with van der Waals surface area (Å²) < 4.78 is 0. The molecule has 0 radical (unpaired) electrons. The molecule has 1 heterocycles. The fourth-order valence-corrected chi connectivity index (χ4v) is 3.89. The van der Waals surface area contributed by atoms with Gasteiger partial charge in [-0.1, -0.05) is 18.6 Å². The second-order valence-corrected chi connectivity index (χ2v) is 6.14. The van der Waals surface area contributed by atoms with Gasteiger partial charge in [-0.05, 0) is 25.0 Å².